The number of hydrogen-bond donors (Lipinski definition) is 2. The molecule has 0 atom stereocenters. The summed E-state index contributed by atoms with van der Waals surface area (Å²) >= 11 is 0. The van der Waals surface area contributed by atoms with Gasteiger partial charge in [0.1, 0.15) is 0 Å². The van der Waals surface area contributed by atoms with Crippen molar-refractivity contribution in [3.8, 4) is 11.1 Å². The highest BCUT2D eigenvalue weighted by molar-refractivity contribution is 7.22. The molecular weight excluding hydrogens is 359 g/mol. The molecule has 0 aromatic heterocycles. The van der Waals surface area contributed by atoms with Gasteiger partial charge in [-0.15, -0.1) is 0 Å². The van der Waals surface area contributed by atoms with Gasteiger partial charge in [-0.3, -0.25) is 0 Å². The quantitative estimate of drug-likeness (QED) is 0.455. The molecule has 1 aliphatic heterocycles. The minimum absolute atomic E-state index is 0.530. The van der Waals surface area contributed by atoms with E-state index in [4.69, 9.17) is 0 Å². The lowest BCUT2D eigenvalue weighted by Gasteiger charge is -2.31. The van der Waals surface area contributed by atoms with Gasteiger partial charge in [-0.25, -0.2) is 0 Å². The summed E-state index contributed by atoms with van der Waals surface area (Å²) in [5.74, 6) is 0. The average molecular weight is 378 g/mol. The van der Waals surface area contributed by atoms with E-state index in [2.05, 4.69) is 78.9 Å². The van der Waals surface area contributed by atoms with Crippen LogP contribution in [0, 0.1) is 0 Å². The Morgan fingerprint density at radius 2 is 1.07 bits per heavy atom. The third kappa shape index (κ3) is 2.36. The summed E-state index contributed by atoms with van der Waals surface area (Å²) in [5.41, 5.74) is 3.09. The van der Waals surface area contributed by atoms with Crippen molar-refractivity contribution in [2.24, 2.45) is 0 Å². The molecule has 0 fully saturated rings. The first-order valence-corrected chi connectivity index (χ1v) is 11.4. The van der Waals surface area contributed by atoms with Gasteiger partial charge in [-0.05, 0) is 37.3 Å². The van der Waals surface area contributed by atoms with Crippen LogP contribution in [-0.2, 0) is 0 Å². The third-order valence-electron chi connectivity index (χ3n) is 5.78. The van der Waals surface area contributed by atoms with E-state index in [9.17, 15) is 10.0 Å². The van der Waals surface area contributed by atoms with E-state index in [1.807, 2.05) is 18.2 Å². The maximum Gasteiger partial charge on any atom is 0.488 e. The van der Waals surface area contributed by atoms with Crippen molar-refractivity contribution in [1.29, 1.82) is 0 Å². The van der Waals surface area contributed by atoms with Gasteiger partial charge in [0.15, 0.2) is 8.07 Å². The predicted molar refractivity (Wildman–Crippen MR) is 119 cm³/mol. The Morgan fingerprint density at radius 3 is 1.68 bits per heavy atom. The number of benzene rings is 4. The first kappa shape index (κ1) is 17.2. The van der Waals surface area contributed by atoms with E-state index in [0.717, 1.165) is 0 Å². The molecule has 0 amide bonds. The van der Waals surface area contributed by atoms with Gasteiger partial charge in [0.05, 0.1) is 0 Å². The molecular formula is C24H19BO2Si. The van der Waals surface area contributed by atoms with E-state index in [-0.39, 0.29) is 0 Å². The normalized spacial score (nSPS) is 13.6. The van der Waals surface area contributed by atoms with Crippen LogP contribution in [0.2, 0.25) is 0 Å². The molecule has 134 valence electrons. The predicted octanol–water partition coefficient (Wildman–Crippen LogP) is 0.724. The fraction of sp³-hybridized carbons (Fsp3) is 0. The lowest BCUT2D eigenvalue weighted by Crippen LogP contribution is -2.73. The fourth-order valence-electron chi connectivity index (χ4n) is 4.64. The number of fused-ring (bicyclic) bond motifs is 3. The molecule has 2 nitrogen and oxygen atoms in total. The summed E-state index contributed by atoms with van der Waals surface area (Å²) in [6, 6.07) is 35.8. The fourth-order valence-corrected chi connectivity index (χ4v) is 9.87. The van der Waals surface area contributed by atoms with Crippen LogP contribution >= 0.6 is 0 Å². The van der Waals surface area contributed by atoms with Crippen molar-refractivity contribution >= 4 is 41.4 Å². The van der Waals surface area contributed by atoms with E-state index < -0.39 is 15.2 Å². The summed E-state index contributed by atoms with van der Waals surface area (Å²) < 4.78 is 0. The summed E-state index contributed by atoms with van der Waals surface area (Å²) in [5, 5.41) is 24.8. The second-order valence-electron chi connectivity index (χ2n) is 7.21. The molecule has 4 aromatic carbocycles. The second-order valence-corrected chi connectivity index (χ2v) is 10.9. The lowest BCUT2D eigenvalue weighted by atomic mass is 9.80. The molecule has 0 unspecified atom stereocenters. The summed E-state index contributed by atoms with van der Waals surface area (Å²) in [7, 11) is -4.00. The van der Waals surface area contributed by atoms with Crippen LogP contribution in [0.5, 0.6) is 0 Å². The van der Waals surface area contributed by atoms with Crippen LogP contribution in [0.4, 0.5) is 0 Å². The third-order valence-corrected chi connectivity index (χ3v) is 10.6. The summed E-state index contributed by atoms with van der Waals surface area (Å²) in [4.78, 5) is 0. The highest BCUT2D eigenvalue weighted by Crippen LogP contribution is 2.27. The van der Waals surface area contributed by atoms with Crippen molar-refractivity contribution in [2.75, 3.05) is 0 Å². The zero-order valence-electron chi connectivity index (χ0n) is 15.3. The van der Waals surface area contributed by atoms with Gasteiger partial charge in [0.25, 0.3) is 0 Å². The molecule has 2 N–H and O–H groups in total. The molecule has 1 heterocycles. The van der Waals surface area contributed by atoms with Crippen molar-refractivity contribution < 1.29 is 10.0 Å². The highest BCUT2D eigenvalue weighted by atomic mass is 28.3. The maximum atomic E-state index is 9.81. The Morgan fingerprint density at radius 1 is 0.536 bits per heavy atom. The Kier molecular flexibility index (Phi) is 4.06. The first-order chi connectivity index (χ1) is 13.7. The van der Waals surface area contributed by atoms with Gasteiger partial charge >= 0.3 is 7.12 Å². The minimum atomic E-state index is -2.53. The zero-order chi connectivity index (χ0) is 19.1. The SMILES string of the molecule is OB(O)c1cccc([Si]2(c3ccccc3)c3ccccc3-c3ccccc32)c1. The van der Waals surface area contributed by atoms with E-state index in [0.29, 0.717) is 5.46 Å². The maximum absolute atomic E-state index is 9.81. The van der Waals surface area contributed by atoms with Crippen molar-refractivity contribution in [3.63, 3.8) is 0 Å². The van der Waals surface area contributed by atoms with E-state index >= 15 is 0 Å². The number of rotatable bonds is 3. The smallest absolute Gasteiger partial charge is 0.423 e. The van der Waals surface area contributed by atoms with Crippen LogP contribution in [-0.4, -0.2) is 25.2 Å². The lowest BCUT2D eigenvalue weighted by molar-refractivity contribution is 0.426. The molecule has 28 heavy (non-hydrogen) atoms. The molecule has 0 radical (unpaired) electrons. The summed E-state index contributed by atoms with van der Waals surface area (Å²) in [6.45, 7) is 0. The number of hydrogen-bond acceptors (Lipinski definition) is 2. The first-order valence-electron chi connectivity index (χ1n) is 9.44. The van der Waals surface area contributed by atoms with Crippen molar-refractivity contribution in [1.82, 2.24) is 0 Å². The van der Waals surface area contributed by atoms with Crippen LogP contribution in [0.25, 0.3) is 11.1 Å². The molecule has 0 aliphatic carbocycles. The highest BCUT2D eigenvalue weighted by Gasteiger charge is 2.48. The van der Waals surface area contributed by atoms with Crippen molar-refractivity contribution in [2.45, 2.75) is 0 Å². The zero-order valence-corrected chi connectivity index (χ0v) is 16.3. The molecule has 5 rings (SSSR count). The average Bonchev–Trinajstić information content (AvgIpc) is 3.06. The molecule has 0 saturated carbocycles. The minimum Gasteiger partial charge on any atom is -0.423 e. The standard InChI is InChI=1S/C24H19BO2Si/c26-25(27)18-9-8-12-20(17-18)28(19-10-2-1-3-11-19)23-15-6-4-13-21(23)22-14-5-7-16-24(22)28/h1-17,26-27H. The molecule has 1 aliphatic rings. The van der Waals surface area contributed by atoms with Crippen molar-refractivity contribution in [3.05, 3.63) is 103 Å². The van der Waals surface area contributed by atoms with Crippen LogP contribution in [0.15, 0.2) is 103 Å². The van der Waals surface area contributed by atoms with Gasteiger partial charge < -0.3 is 10.0 Å². The largest absolute Gasteiger partial charge is 0.488 e. The van der Waals surface area contributed by atoms with Gasteiger partial charge in [0.2, 0.25) is 0 Å². The molecule has 0 bridgehead atoms. The van der Waals surface area contributed by atoms with E-state index in [1.54, 1.807) is 6.07 Å². The Balaban J connectivity index is 1.94. The summed E-state index contributed by atoms with van der Waals surface area (Å²) in [6.07, 6.45) is 0. The van der Waals surface area contributed by atoms with Gasteiger partial charge in [-0.1, -0.05) is 103 Å². The van der Waals surface area contributed by atoms with E-state index in [1.165, 1.54) is 31.9 Å². The molecule has 4 aromatic rings. The molecule has 0 saturated heterocycles. The van der Waals surface area contributed by atoms with Crippen LogP contribution < -0.4 is 26.2 Å². The second kappa shape index (κ2) is 6.60. The Hall–Kier alpha value is -2.92. The molecule has 4 heteroatoms. The van der Waals surface area contributed by atoms with Gasteiger partial charge in [-0.2, -0.15) is 0 Å². The molecule has 0 spiro atoms. The Labute approximate surface area is 165 Å². The van der Waals surface area contributed by atoms with Crippen LogP contribution in [0.1, 0.15) is 0 Å². The monoisotopic (exact) mass is 378 g/mol. The topological polar surface area (TPSA) is 40.5 Å². The van der Waals surface area contributed by atoms with Crippen LogP contribution in [0.3, 0.4) is 0 Å². The Bertz CT molecular complexity index is 1110. The van der Waals surface area contributed by atoms with Gasteiger partial charge in [0, 0.05) is 0 Å².